The number of hydrogen-bond donors (Lipinski definition) is 1. The fraction of sp³-hybridized carbons (Fsp3) is 0.652. The number of piperazine rings is 1. The maximum atomic E-state index is 12.9. The summed E-state index contributed by atoms with van der Waals surface area (Å²) in [5, 5.41) is 3.60. The molecule has 0 radical (unpaired) electrons. The molecule has 3 unspecified atom stereocenters. The number of hydrogen-bond acceptors (Lipinski definition) is 3. The Morgan fingerprint density at radius 1 is 0.966 bits per heavy atom. The van der Waals surface area contributed by atoms with Gasteiger partial charge in [-0.25, -0.2) is 0 Å². The minimum absolute atomic E-state index is 0. The minimum Gasteiger partial charge on any atom is -0.339 e. The third-order valence-corrected chi connectivity index (χ3v) is 6.80. The van der Waals surface area contributed by atoms with Crippen molar-refractivity contribution in [2.24, 2.45) is 5.92 Å². The van der Waals surface area contributed by atoms with E-state index in [4.69, 9.17) is 0 Å². The van der Waals surface area contributed by atoms with Crippen LogP contribution < -0.4 is 5.32 Å². The van der Waals surface area contributed by atoms with Crippen molar-refractivity contribution in [1.29, 1.82) is 0 Å². The number of carbonyl (C=O) groups is 2. The lowest BCUT2D eigenvalue weighted by molar-refractivity contribution is -0.140. The van der Waals surface area contributed by atoms with E-state index in [2.05, 4.69) is 17.4 Å². The summed E-state index contributed by atoms with van der Waals surface area (Å²) in [6, 6.07) is 10.9. The van der Waals surface area contributed by atoms with Crippen LogP contribution in [0.3, 0.4) is 0 Å². The summed E-state index contributed by atoms with van der Waals surface area (Å²) in [7, 11) is 0. The zero-order valence-corrected chi connectivity index (χ0v) is 18.0. The summed E-state index contributed by atoms with van der Waals surface area (Å²) in [6.45, 7) is 2.71. The first-order chi connectivity index (χ1) is 13.7. The Morgan fingerprint density at radius 3 is 2.38 bits per heavy atom. The number of carbonyl (C=O) groups excluding carboxylic acids is 2. The highest BCUT2D eigenvalue weighted by molar-refractivity contribution is 5.85. The molecule has 0 aromatic heterocycles. The van der Waals surface area contributed by atoms with Crippen LogP contribution >= 0.6 is 12.4 Å². The van der Waals surface area contributed by atoms with Gasteiger partial charge < -0.3 is 15.1 Å². The van der Waals surface area contributed by atoms with Gasteiger partial charge in [0.15, 0.2) is 0 Å². The standard InChI is InChI=1S/C23H33N3O2.ClH/c27-22(12-6-9-18-7-2-1-3-8-18)25-13-15-26(16-14-25)23(28)21-17-19-10-4-5-11-20(19)24-21;/h1-3,7-8,19-21,24H,4-6,9-17H2;1H. The van der Waals surface area contributed by atoms with E-state index in [0.717, 1.165) is 19.3 Å². The Kier molecular flexibility index (Phi) is 7.96. The second kappa shape index (κ2) is 10.4. The highest BCUT2D eigenvalue weighted by Gasteiger charge is 2.40. The van der Waals surface area contributed by atoms with Gasteiger partial charge in [-0.1, -0.05) is 43.2 Å². The lowest BCUT2D eigenvalue weighted by atomic mass is 9.85. The van der Waals surface area contributed by atoms with Gasteiger partial charge in [0, 0.05) is 38.6 Å². The molecule has 29 heavy (non-hydrogen) atoms. The zero-order chi connectivity index (χ0) is 19.3. The van der Waals surface area contributed by atoms with Crippen molar-refractivity contribution in [2.45, 2.75) is 63.5 Å². The van der Waals surface area contributed by atoms with Crippen LogP contribution in [-0.2, 0) is 16.0 Å². The summed E-state index contributed by atoms with van der Waals surface area (Å²) in [5.74, 6) is 1.17. The highest BCUT2D eigenvalue weighted by atomic mass is 35.5. The van der Waals surface area contributed by atoms with Crippen LogP contribution in [0.2, 0.25) is 0 Å². The van der Waals surface area contributed by atoms with Crippen molar-refractivity contribution in [2.75, 3.05) is 26.2 Å². The van der Waals surface area contributed by atoms with Crippen LogP contribution in [-0.4, -0.2) is 59.9 Å². The largest absolute Gasteiger partial charge is 0.339 e. The van der Waals surface area contributed by atoms with E-state index in [1.54, 1.807) is 0 Å². The summed E-state index contributed by atoms with van der Waals surface area (Å²) in [6.07, 6.45) is 8.53. The molecular weight excluding hydrogens is 386 g/mol. The molecule has 2 amide bonds. The van der Waals surface area contributed by atoms with Gasteiger partial charge in [0.25, 0.3) is 0 Å². The molecule has 2 heterocycles. The molecule has 0 bridgehead atoms. The molecule has 3 aliphatic rings. The number of fused-ring (bicyclic) bond motifs is 1. The highest BCUT2D eigenvalue weighted by Crippen LogP contribution is 2.33. The predicted molar refractivity (Wildman–Crippen MR) is 117 cm³/mol. The van der Waals surface area contributed by atoms with E-state index in [-0.39, 0.29) is 30.3 Å². The summed E-state index contributed by atoms with van der Waals surface area (Å²) < 4.78 is 0. The maximum Gasteiger partial charge on any atom is 0.239 e. The third-order valence-electron chi connectivity index (χ3n) is 6.80. The fourth-order valence-corrected chi connectivity index (χ4v) is 5.15. The first kappa shape index (κ1) is 22.1. The number of aryl methyl sites for hydroxylation is 1. The molecule has 1 saturated carbocycles. The minimum atomic E-state index is 0. The van der Waals surface area contributed by atoms with Gasteiger partial charge in [0.05, 0.1) is 6.04 Å². The van der Waals surface area contributed by atoms with Crippen molar-refractivity contribution in [1.82, 2.24) is 15.1 Å². The molecule has 2 saturated heterocycles. The van der Waals surface area contributed by atoms with Gasteiger partial charge >= 0.3 is 0 Å². The molecule has 3 atom stereocenters. The van der Waals surface area contributed by atoms with Crippen LogP contribution in [0.15, 0.2) is 30.3 Å². The molecule has 1 aliphatic carbocycles. The van der Waals surface area contributed by atoms with E-state index in [1.807, 2.05) is 28.0 Å². The average molecular weight is 420 g/mol. The number of nitrogens with zero attached hydrogens (tertiary/aromatic N) is 2. The monoisotopic (exact) mass is 419 g/mol. The van der Waals surface area contributed by atoms with Crippen molar-refractivity contribution in [3.8, 4) is 0 Å². The summed E-state index contributed by atoms with van der Waals surface area (Å²) >= 11 is 0. The normalized spacial score (nSPS) is 26.6. The topological polar surface area (TPSA) is 52.7 Å². The molecule has 1 aromatic carbocycles. The van der Waals surface area contributed by atoms with E-state index < -0.39 is 0 Å². The molecule has 1 N–H and O–H groups in total. The number of amides is 2. The quantitative estimate of drug-likeness (QED) is 0.798. The Bertz CT molecular complexity index is 662. The van der Waals surface area contributed by atoms with Crippen LogP contribution in [0, 0.1) is 5.92 Å². The van der Waals surface area contributed by atoms with E-state index in [9.17, 15) is 9.59 Å². The first-order valence-corrected chi connectivity index (χ1v) is 11.1. The number of nitrogens with one attached hydrogen (secondary N) is 1. The molecule has 160 valence electrons. The van der Waals surface area contributed by atoms with E-state index >= 15 is 0 Å². The fourth-order valence-electron chi connectivity index (χ4n) is 5.15. The molecule has 0 spiro atoms. The van der Waals surface area contributed by atoms with Gasteiger partial charge in [-0.2, -0.15) is 0 Å². The average Bonchev–Trinajstić information content (AvgIpc) is 3.18. The van der Waals surface area contributed by atoms with Crippen molar-refractivity contribution >= 4 is 24.2 Å². The Morgan fingerprint density at radius 2 is 1.66 bits per heavy atom. The lowest BCUT2D eigenvalue weighted by Crippen LogP contribution is -2.54. The van der Waals surface area contributed by atoms with Crippen molar-refractivity contribution in [3.05, 3.63) is 35.9 Å². The second-order valence-electron chi connectivity index (χ2n) is 8.65. The summed E-state index contributed by atoms with van der Waals surface area (Å²) in [5.41, 5.74) is 1.29. The Labute approximate surface area is 180 Å². The van der Waals surface area contributed by atoms with Gasteiger partial charge in [-0.3, -0.25) is 9.59 Å². The van der Waals surface area contributed by atoms with Crippen LogP contribution in [0.25, 0.3) is 0 Å². The van der Waals surface area contributed by atoms with E-state index in [1.165, 1.54) is 31.2 Å². The number of halogens is 1. The third kappa shape index (κ3) is 5.52. The molecule has 6 heteroatoms. The lowest BCUT2D eigenvalue weighted by Gasteiger charge is -2.36. The van der Waals surface area contributed by atoms with Crippen LogP contribution in [0.1, 0.15) is 50.5 Å². The molecule has 4 rings (SSSR count). The molecule has 1 aromatic rings. The second-order valence-corrected chi connectivity index (χ2v) is 8.65. The van der Waals surface area contributed by atoms with Gasteiger partial charge in [-0.05, 0) is 43.6 Å². The maximum absolute atomic E-state index is 12.9. The van der Waals surface area contributed by atoms with Crippen molar-refractivity contribution < 1.29 is 9.59 Å². The first-order valence-electron chi connectivity index (χ1n) is 11.1. The molecule has 3 fully saturated rings. The smallest absolute Gasteiger partial charge is 0.239 e. The summed E-state index contributed by atoms with van der Waals surface area (Å²) in [4.78, 5) is 29.3. The van der Waals surface area contributed by atoms with Crippen LogP contribution in [0.4, 0.5) is 0 Å². The predicted octanol–water partition coefficient (Wildman–Crippen LogP) is 3.02. The molecule has 5 nitrogen and oxygen atoms in total. The molecule has 2 aliphatic heterocycles. The molecular formula is C23H34ClN3O2. The van der Waals surface area contributed by atoms with Crippen LogP contribution in [0.5, 0.6) is 0 Å². The Hall–Kier alpha value is -1.59. The van der Waals surface area contributed by atoms with Gasteiger partial charge in [0.1, 0.15) is 0 Å². The van der Waals surface area contributed by atoms with E-state index in [0.29, 0.717) is 44.6 Å². The van der Waals surface area contributed by atoms with Gasteiger partial charge in [-0.15, -0.1) is 12.4 Å². The Balaban J connectivity index is 0.00000240. The zero-order valence-electron chi connectivity index (χ0n) is 17.2. The number of benzene rings is 1. The SMILES string of the molecule is Cl.O=C(CCCc1ccccc1)N1CCN(C(=O)C2CC3CCCCC3N2)CC1. The number of rotatable bonds is 5. The van der Waals surface area contributed by atoms with Crippen molar-refractivity contribution in [3.63, 3.8) is 0 Å². The van der Waals surface area contributed by atoms with Gasteiger partial charge in [0.2, 0.25) is 11.8 Å².